The number of nitrogens with zero attached hydrogens (tertiary/aromatic N) is 1. The Morgan fingerprint density at radius 3 is 2.14 bits per heavy atom. The predicted molar refractivity (Wildman–Crippen MR) is 103 cm³/mol. The van der Waals surface area contributed by atoms with Crippen LogP contribution in [-0.4, -0.2) is 29.0 Å². The molecule has 1 heterocycles. The molecular formula is C23H17NO4. The molecule has 138 valence electrons. The van der Waals surface area contributed by atoms with Gasteiger partial charge in [-0.2, -0.15) is 0 Å². The first-order valence-electron chi connectivity index (χ1n) is 8.90. The lowest BCUT2D eigenvalue weighted by molar-refractivity contribution is -0.135. The number of amides is 2. The van der Waals surface area contributed by atoms with Crippen LogP contribution in [0.5, 0.6) is 5.75 Å². The van der Waals surface area contributed by atoms with Gasteiger partial charge in [0, 0.05) is 11.1 Å². The third-order valence-corrected chi connectivity index (χ3v) is 4.60. The number of imide groups is 1. The van der Waals surface area contributed by atoms with Crippen LogP contribution in [0.25, 0.3) is 0 Å². The maximum atomic E-state index is 13.2. The molecule has 0 unspecified atom stereocenters. The number of benzene rings is 3. The maximum absolute atomic E-state index is 13.2. The Labute approximate surface area is 162 Å². The number of hydrogen-bond donors (Lipinski definition) is 0. The van der Waals surface area contributed by atoms with Crippen LogP contribution in [0.4, 0.5) is 0 Å². The normalized spacial score (nSPS) is 16.1. The van der Waals surface area contributed by atoms with E-state index in [-0.39, 0.29) is 17.9 Å². The summed E-state index contributed by atoms with van der Waals surface area (Å²) in [6.45, 7) is -0.345. The quantitative estimate of drug-likeness (QED) is 0.518. The molecule has 0 bridgehead atoms. The molecule has 5 heteroatoms. The van der Waals surface area contributed by atoms with Crippen molar-refractivity contribution in [2.24, 2.45) is 0 Å². The molecule has 28 heavy (non-hydrogen) atoms. The number of rotatable bonds is 4. The van der Waals surface area contributed by atoms with Crippen molar-refractivity contribution in [2.45, 2.75) is 6.10 Å². The third-order valence-electron chi connectivity index (χ3n) is 4.60. The Morgan fingerprint density at radius 2 is 1.43 bits per heavy atom. The summed E-state index contributed by atoms with van der Waals surface area (Å²) in [4.78, 5) is 40.0. The van der Waals surface area contributed by atoms with Gasteiger partial charge in [0.05, 0.1) is 12.1 Å². The van der Waals surface area contributed by atoms with Crippen LogP contribution in [-0.2, 0) is 4.79 Å². The Kier molecular flexibility index (Phi) is 4.72. The fraction of sp³-hybridized carbons (Fsp3) is 0.0870. The second kappa shape index (κ2) is 7.48. The van der Waals surface area contributed by atoms with Gasteiger partial charge >= 0.3 is 0 Å². The van der Waals surface area contributed by atoms with Gasteiger partial charge in [0.15, 0.2) is 5.78 Å². The van der Waals surface area contributed by atoms with Crippen LogP contribution < -0.4 is 4.74 Å². The standard InChI is InChI=1S/C23H17NO4/c25-19(16-9-3-1-4-10-16)15-24-22(26)18-13-7-8-14-20(18)28-21(23(24)27)17-11-5-2-6-12-17/h1-14,21H,15H2/t21-/m1/s1. The van der Waals surface area contributed by atoms with E-state index in [2.05, 4.69) is 0 Å². The molecule has 0 saturated heterocycles. The molecule has 1 atom stereocenters. The van der Waals surface area contributed by atoms with Crippen molar-refractivity contribution >= 4 is 17.6 Å². The molecule has 0 aliphatic carbocycles. The number of para-hydroxylation sites is 1. The molecule has 0 saturated carbocycles. The summed E-state index contributed by atoms with van der Waals surface area (Å²) >= 11 is 0. The van der Waals surface area contributed by atoms with Crippen molar-refractivity contribution in [3.8, 4) is 5.75 Å². The molecule has 0 spiro atoms. The van der Waals surface area contributed by atoms with E-state index in [1.54, 1.807) is 78.9 Å². The molecule has 4 rings (SSSR count). The highest BCUT2D eigenvalue weighted by Gasteiger charge is 2.38. The van der Waals surface area contributed by atoms with Gasteiger partial charge in [0.25, 0.3) is 11.8 Å². The van der Waals surface area contributed by atoms with Crippen molar-refractivity contribution in [2.75, 3.05) is 6.54 Å². The molecule has 3 aromatic rings. The summed E-state index contributed by atoms with van der Waals surface area (Å²) in [7, 11) is 0. The van der Waals surface area contributed by atoms with Crippen LogP contribution in [0.2, 0.25) is 0 Å². The molecule has 0 N–H and O–H groups in total. The monoisotopic (exact) mass is 371 g/mol. The van der Waals surface area contributed by atoms with Crippen LogP contribution in [0.3, 0.4) is 0 Å². The first-order chi connectivity index (χ1) is 13.6. The molecule has 3 aromatic carbocycles. The van der Waals surface area contributed by atoms with E-state index in [1.807, 2.05) is 6.07 Å². The van der Waals surface area contributed by atoms with Crippen molar-refractivity contribution in [1.82, 2.24) is 4.90 Å². The molecule has 0 fully saturated rings. The zero-order valence-electron chi connectivity index (χ0n) is 14.9. The van der Waals surface area contributed by atoms with Crippen molar-refractivity contribution < 1.29 is 19.1 Å². The van der Waals surface area contributed by atoms with Gasteiger partial charge in [-0.05, 0) is 12.1 Å². The zero-order valence-corrected chi connectivity index (χ0v) is 14.9. The second-order valence-electron chi connectivity index (χ2n) is 6.42. The fourth-order valence-electron chi connectivity index (χ4n) is 3.16. The topological polar surface area (TPSA) is 63.7 Å². The Balaban J connectivity index is 1.74. The number of carbonyl (C=O) groups excluding carboxylic acids is 3. The number of Topliss-reactive ketones (excluding diaryl/α,β-unsaturated/α-hetero) is 1. The summed E-state index contributed by atoms with van der Waals surface area (Å²) in [5.74, 6) is -1.09. The lowest BCUT2D eigenvalue weighted by Gasteiger charge is -2.22. The van der Waals surface area contributed by atoms with Gasteiger partial charge in [-0.1, -0.05) is 72.8 Å². The number of fused-ring (bicyclic) bond motifs is 1. The minimum atomic E-state index is -1.00. The second-order valence-corrected chi connectivity index (χ2v) is 6.42. The van der Waals surface area contributed by atoms with E-state index >= 15 is 0 Å². The van der Waals surface area contributed by atoms with E-state index < -0.39 is 17.9 Å². The molecule has 0 radical (unpaired) electrons. The van der Waals surface area contributed by atoms with Gasteiger partial charge in [0.2, 0.25) is 6.10 Å². The lowest BCUT2D eigenvalue weighted by atomic mass is 10.1. The molecule has 1 aliphatic heterocycles. The first-order valence-corrected chi connectivity index (χ1v) is 8.90. The summed E-state index contributed by atoms with van der Waals surface area (Å²) in [6, 6.07) is 24.2. The molecule has 5 nitrogen and oxygen atoms in total. The smallest absolute Gasteiger partial charge is 0.275 e. The lowest BCUT2D eigenvalue weighted by Crippen LogP contribution is -2.42. The highest BCUT2D eigenvalue weighted by Crippen LogP contribution is 2.32. The van der Waals surface area contributed by atoms with Gasteiger partial charge in [-0.3, -0.25) is 19.3 Å². The molecule has 2 amide bonds. The summed E-state index contributed by atoms with van der Waals surface area (Å²) in [6.07, 6.45) is -1.00. The van der Waals surface area contributed by atoms with Crippen molar-refractivity contribution in [3.63, 3.8) is 0 Å². The van der Waals surface area contributed by atoms with Crippen LogP contribution >= 0.6 is 0 Å². The maximum Gasteiger partial charge on any atom is 0.275 e. The van der Waals surface area contributed by atoms with Crippen LogP contribution in [0, 0.1) is 0 Å². The summed E-state index contributed by atoms with van der Waals surface area (Å²) < 4.78 is 5.92. The van der Waals surface area contributed by atoms with E-state index in [4.69, 9.17) is 4.74 Å². The SMILES string of the molecule is O=C(CN1C(=O)c2ccccc2O[C@H](c2ccccc2)C1=O)c1ccccc1. The fourth-order valence-corrected chi connectivity index (χ4v) is 3.16. The predicted octanol–water partition coefficient (Wildman–Crippen LogP) is 3.67. The molecular weight excluding hydrogens is 354 g/mol. The van der Waals surface area contributed by atoms with Gasteiger partial charge in [-0.15, -0.1) is 0 Å². The zero-order chi connectivity index (χ0) is 19.5. The summed E-state index contributed by atoms with van der Waals surface area (Å²) in [5, 5.41) is 0. The Hall–Kier alpha value is -3.73. The minimum absolute atomic E-state index is 0.259. The van der Waals surface area contributed by atoms with E-state index in [0.29, 0.717) is 16.9 Å². The first kappa shape index (κ1) is 17.7. The number of carbonyl (C=O) groups is 3. The van der Waals surface area contributed by atoms with E-state index in [0.717, 1.165) is 4.90 Å². The average Bonchev–Trinajstić information content (AvgIpc) is 2.85. The van der Waals surface area contributed by atoms with Gasteiger partial charge in [-0.25, -0.2) is 0 Å². The Bertz CT molecular complexity index is 1030. The van der Waals surface area contributed by atoms with E-state index in [9.17, 15) is 14.4 Å². The van der Waals surface area contributed by atoms with Crippen molar-refractivity contribution in [1.29, 1.82) is 0 Å². The number of ether oxygens (including phenoxy) is 1. The van der Waals surface area contributed by atoms with Crippen LogP contribution in [0.1, 0.15) is 32.4 Å². The van der Waals surface area contributed by atoms with Gasteiger partial charge in [0.1, 0.15) is 5.75 Å². The minimum Gasteiger partial charge on any atom is -0.475 e. The highest BCUT2D eigenvalue weighted by atomic mass is 16.5. The highest BCUT2D eigenvalue weighted by molar-refractivity contribution is 6.12. The average molecular weight is 371 g/mol. The Morgan fingerprint density at radius 1 is 0.821 bits per heavy atom. The van der Waals surface area contributed by atoms with Crippen molar-refractivity contribution in [3.05, 3.63) is 102 Å². The number of ketones is 1. The number of hydrogen-bond acceptors (Lipinski definition) is 4. The largest absolute Gasteiger partial charge is 0.475 e. The van der Waals surface area contributed by atoms with Crippen LogP contribution in [0.15, 0.2) is 84.9 Å². The third kappa shape index (κ3) is 3.30. The molecule has 1 aliphatic rings. The van der Waals surface area contributed by atoms with E-state index in [1.165, 1.54) is 0 Å². The summed E-state index contributed by atoms with van der Waals surface area (Å²) in [5.41, 5.74) is 1.32. The molecule has 0 aromatic heterocycles. The van der Waals surface area contributed by atoms with Gasteiger partial charge < -0.3 is 4.74 Å².